The molecule has 1 aliphatic rings. The lowest BCUT2D eigenvalue weighted by Gasteiger charge is -2.23. The van der Waals surface area contributed by atoms with Crippen LogP contribution in [0, 0.1) is 0 Å². The van der Waals surface area contributed by atoms with Gasteiger partial charge in [0, 0.05) is 19.1 Å². The van der Waals surface area contributed by atoms with E-state index in [4.69, 9.17) is 15.2 Å². The predicted octanol–water partition coefficient (Wildman–Crippen LogP) is 1.84. The summed E-state index contributed by atoms with van der Waals surface area (Å²) in [6.45, 7) is 3.94. The highest BCUT2D eigenvalue weighted by atomic mass is 35.5. The Bertz CT molecular complexity index is 439. The summed E-state index contributed by atoms with van der Waals surface area (Å²) in [5.41, 5.74) is 5.67. The molecule has 118 valence electrons. The number of nitrogens with zero attached hydrogens (tertiary/aromatic N) is 1. The zero-order valence-corrected chi connectivity index (χ0v) is 13.1. The largest absolute Gasteiger partial charge is 0.494 e. The fraction of sp³-hybridized carbons (Fsp3) is 0.533. The zero-order chi connectivity index (χ0) is 14.4. The maximum absolute atomic E-state index is 12.1. The van der Waals surface area contributed by atoms with Crippen molar-refractivity contribution in [3.63, 3.8) is 0 Å². The highest BCUT2D eigenvalue weighted by Gasteiger charge is 2.27. The maximum atomic E-state index is 12.1. The molecule has 1 amide bonds. The molecule has 2 rings (SSSR count). The monoisotopic (exact) mass is 314 g/mol. The van der Waals surface area contributed by atoms with E-state index in [9.17, 15) is 4.79 Å². The minimum absolute atomic E-state index is 0. The lowest BCUT2D eigenvalue weighted by molar-refractivity contribution is -0.134. The quantitative estimate of drug-likeness (QED) is 0.870. The summed E-state index contributed by atoms with van der Waals surface area (Å²) in [5, 5.41) is 0. The van der Waals surface area contributed by atoms with E-state index in [1.165, 1.54) is 0 Å². The Morgan fingerprint density at radius 3 is 2.48 bits per heavy atom. The van der Waals surface area contributed by atoms with Gasteiger partial charge in [-0.15, -0.1) is 12.4 Å². The van der Waals surface area contributed by atoms with Crippen molar-refractivity contribution >= 4 is 18.3 Å². The molecule has 21 heavy (non-hydrogen) atoms. The predicted molar refractivity (Wildman–Crippen MR) is 84.1 cm³/mol. The number of likely N-dealkylation sites (tertiary alicyclic amines) is 1. The number of halogens is 1. The van der Waals surface area contributed by atoms with Crippen LogP contribution in [0.1, 0.15) is 19.8 Å². The molecule has 1 fully saturated rings. The third-order valence-electron chi connectivity index (χ3n) is 3.47. The Balaban J connectivity index is 0.00000220. The van der Waals surface area contributed by atoms with Gasteiger partial charge in [-0.05, 0) is 44.0 Å². The van der Waals surface area contributed by atoms with Gasteiger partial charge in [-0.1, -0.05) is 0 Å². The first-order chi connectivity index (χ1) is 9.74. The third-order valence-corrected chi connectivity index (χ3v) is 3.47. The molecule has 1 atom stereocenters. The van der Waals surface area contributed by atoms with E-state index in [0.717, 1.165) is 25.1 Å². The van der Waals surface area contributed by atoms with E-state index in [1.807, 2.05) is 36.1 Å². The van der Waals surface area contributed by atoms with Crippen molar-refractivity contribution in [2.24, 2.45) is 5.73 Å². The van der Waals surface area contributed by atoms with Crippen LogP contribution < -0.4 is 15.2 Å². The minimum Gasteiger partial charge on any atom is -0.494 e. The molecule has 1 aliphatic heterocycles. The molecule has 0 radical (unpaired) electrons. The van der Waals surface area contributed by atoms with Crippen LogP contribution in [0.2, 0.25) is 0 Å². The summed E-state index contributed by atoms with van der Waals surface area (Å²) in [6, 6.07) is 7.46. The number of rotatable bonds is 6. The lowest BCUT2D eigenvalue weighted by atomic mass is 10.2. The van der Waals surface area contributed by atoms with Gasteiger partial charge in [0.15, 0.2) is 6.61 Å². The first-order valence-corrected chi connectivity index (χ1v) is 7.09. The molecule has 1 heterocycles. The van der Waals surface area contributed by atoms with E-state index in [2.05, 4.69) is 0 Å². The molecule has 1 unspecified atom stereocenters. The molecule has 6 heteroatoms. The minimum atomic E-state index is 0. The summed E-state index contributed by atoms with van der Waals surface area (Å²) >= 11 is 0. The Labute approximate surface area is 131 Å². The molecular weight excluding hydrogens is 292 g/mol. The van der Waals surface area contributed by atoms with Gasteiger partial charge >= 0.3 is 0 Å². The van der Waals surface area contributed by atoms with E-state index in [1.54, 1.807) is 0 Å². The number of carbonyl (C=O) groups is 1. The highest BCUT2D eigenvalue weighted by Crippen LogP contribution is 2.19. The van der Waals surface area contributed by atoms with Crippen molar-refractivity contribution in [3.05, 3.63) is 24.3 Å². The van der Waals surface area contributed by atoms with Crippen molar-refractivity contribution in [1.82, 2.24) is 4.90 Å². The fourth-order valence-electron chi connectivity index (χ4n) is 2.44. The second-order valence-electron chi connectivity index (χ2n) is 4.81. The Morgan fingerprint density at radius 2 is 1.90 bits per heavy atom. The fourth-order valence-corrected chi connectivity index (χ4v) is 2.44. The number of nitrogens with two attached hydrogens (primary N) is 1. The van der Waals surface area contributed by atoms with Crippen LogP contribution in [0.4, 0.5) is 0 Å². The normalized spacial score (nSPS) is 17.2. The van der Waals surface area contributed by atoms with Crippen molar-refractivity contribution in [2.75, 3.05) is 26.3 Å². The molecule has 1 saturated heterocycles. The lowest BCUT2D eigenvalue weighted by Crippen LogP contribution is -2.42. The van der Waals surface area contributed by atoms with Crippen molar-refractivity contribution in [2.45, 2.75) is 25.8 Å². The molecule has 0 spiro atoms. The van der Waals surface area contributed by atoms with Gasteiger partial charge in [-0.3, -0.25) is 4.79 Å². The van der Waals surface area contributed by atoms with Gasteiger partial charge in [-0.25, -0.2) is 0 Å². The average molecular weight is 315 g/mol. The zero-order valence-electron chi connectivity index (χ0n) is 12.3. The molecule has 2 N–H and O–H groups in total. The van der Waals surface area contributed by atoms with Gasteiger partial charge in [0.2, 0.25) is 0 Å². The second-order valence-corrected chi connectivity index (χ2v) is 4.81. The van der Waals surface area contributed by atoms with Crippen LogP contribution in [-0.4, -0.2) is 43.2 Å². The molecule has 1 aromatic carbocycles. The molecule has 0 bridgehead atoms. The van der Waals surface area contributed by atoms with Gasteiger partial charge in [0.25, 0.3) is 5.91 Å². The molecule has 0 aliphatic carbocycles. The number of amides is 1. The number of ether oxygens (including phenoxy) is 2. The van der Waals surface area contributed by atoms with E-state index >= 15 is 0 Å². The smallest absolute Gasteiger partial charge is 0.260 e. The van der Waals surface area contributed by atoms with Crippen LogP contribution >= 0.6 is 12.4 Å². The van der Waals surface area contributed by atoms with Gasteiger partial charge in [-0.2, -0.15) is 0 Å². The Kier molecular flexibility index (Phi) is 7.32. The van der Waals surface area contributed by atoms with Crippen LogP contribution in [0.25, 0.3) is 0 Å². The van der Waals surface area contributed by atoms with Gasteiger partial charge in [0.1, 0.15) is 11.5 Å². The number of hydrogen-bond donors (Lipinski definition) is 1. The second kappa shape index (κ2) is 8.74. The first-order valence-electron chi connectivity index (χ1n) is 7.09. The van der Waals surface area contributed by atoms with E-state index in [-0.39, 0.29) is 31.0 Å². The standard InChI is InChI=1S/C15H22N2O3.ClH/c1-2-19-13-5-7-14(8-6-13)20-11-15(18)17-9-3-4-12(17)10-16;/h5-8,12H,2-4,9-11,16H2,1H3;1H. The summed E-state index contributed by atoms with van der Waals surface area (Å²) in [6.07, 6.45) is 2.02. The van der Waals surface area contributed by atoms with Crippen molar-refractivity contribution < 1.29 is 14.3 Å². The Morgan fingerprint density at radius 1 is 1.29 bits per heavy atom. The summed E-state index contributed by atoms with van der Waals surface area (Å²) in [4.78, 5) is 13.9. The molecule has 0 saturated carbocycles. The van der Waals surface area contributed by atoms with Gasteiger partial charge in [0.05, 0.1) is 6.61 Å². The maximum Gasteiger partial charge on any atom is 0.260 e. The summed E-state index contributed by atoms with van der Waals surface area (Å²) < 4.78 is 10.9. The third kappa shape index (κ3) is 4.79. The van der Waals surface area contributed by atoms with Crippen molar-refractivity contribution in [1.29, 1.82) is 0 Å². The molecular formula is C15H23ClN2O3. The topological polar surface area (TPSA) is 64.8 Å². The van der Waals surface area contributed by atoms with Crippen molar-refractivity contribution in [3.8, 4) is 11.5 Å². The van der Waals surface area contributed by atoms with E-state index < -0.39 is 0 Å². The molecule has 0 aromatic heterocycles. The SMILES string of the molecule is CCOc1ccc(OCC(=O)N2CCCC2CN)cc1.Cl. The van der Waals surface area contributed by atoms with Crippen LogP contribution in [-0.2, 0) is 4.79 Å². The molecule has 1 aromatic rings. The van der Waals surface area contributed by atoms with Crippen LogP contribution in [0.3, 0.4) is 0 Å². The Hall–Kier alpha value is -1.46. The summed E-state index contributed by atoms with van der Waals surface area (Å²) in [7, 11) is 0. The molecule has 5 nitrogen and oxygen atoms in total. The van der Waals surface area contributed by atoms with E-state index in [0.29, 0.717) is 18.9 Å². The van der Waals surface area contributed by atoms with Gasteiger partial charge < -0.3 is 20.1 Å². The van der Waals surface area contributed by atoms with Crippen LogP contribution in [0.5, 0.6) is 11.5 Å². The summed E-state index contributed by atoms with van der Waals surface area (Å²) in [5.74, 6) is 1.48. The highest BCUT2D eigenvalue weighted by molar-refractivity contribution is 5.85. The van der Waals surface area contributed by atoms with Crippen LogP contribution in [0.15, 0.2) is 24.3 Å². The number of carbonyl (C=O) groups excluding carboxylic acids is 1. The average Bonchev–Trinajstić information content (AvgIpc) is 2.95. The first kappa shape index (κ1) is 17.6. The number of hydrogen-bond acceptors (Lipinski definition) is 4. The number of benzene rings is 1.